The molecule has 0 radical (unpaired) electrons. The van der Waals surface area contributed by atoms with Crippen LogP contribution in [0.2, 0.25) is 0 Å². The fraction of sp³-hybridized carbons (Fsp3) is 0.357. The van der Waals surface area contributed by atoms with E-state index in [1.54, 1.807) is 6.92 Å². The van der Waals surface area contributed by atoms with Gasteiger partial charge in [-0.05, 0) is 18.4 Å². The summed E-state index contributed by atoms with van der Waals surface area (Å²) < 4.78 is 27.2. The van der Waals surface area contributed by atoms with E-state index >= 15 is 0 Å². The summed E-state index contributed by atoms with van der Waals surface area (Å²) >= 11 is 1.23. The van der Waals surface area contributed by atoms with E-state index in [9.17, 15) is 18.5 Å². The van der Waals surface area contributed by atoms with Crippen LogP contribution in [-0.4, -0.2) is 18.3 Å². The summed E-state index contributed by atoms with van der Waals surface area (Å²) in [5.41, 5.74) is 0.108. The van der Waals surface area contributed by atoms with E-state index in [1.165, 1.54) is 29.5 Å². The van der Waals surface area contributed by atoms with E-state index in [0.717, 1.165) is 16.6 Å². The molecular weight excluding hydrogens is 338 g/mol. The zero-order valence-electron chi connectivity index (χ0n) is 13.2. The van der Waals surface area contributed by atoms with Gasteiger partial charge < -0.3 is 0 Å². The van der Waals surface area contributed by atoms with Crippen molar-refractivity contribution in [1.82, 2.24) is 4.98 Å². The molecule has 0 saturated heterocycles. The quantitative estimate of drug-likeness (QED) is 0.668. The number of para-hydroxylation sites is 1. The molecule has 0 aliphatic carbocycles. The Labute approximate surface area is 138 Å². The summed E-state index contributed by atoms with van der Waals surface area (Å²) in [7, 11) is -4.08. The van der Waals surface area contributed by atoms with Crippen LogP contribution in [0.3, 0.4) is 0 Å². The minimum Gasteiger partial charge on any atom is -0.258 e. The third-order valence-electron chi connectivity index (χ3n) is 3.05. The van der Waals surface area contributed by atoms with Crippen molar-refractivity contribution in [3.8, 4) is 0 Å². The molecule has 1 aromatic carbocycles. The molecule has 0 amide bonds. The van der Waals surface area contributed by atoms with Crippen LogP contribution in [0.1, 0.15) is 31.3 Å². The number of aromatic nitrogens is 1. The number of benzene rings is 1. The van der Waals surface area contributed by atoms with Crippen molar-refractivity contribution in [2.24, 2.45) is 0 Å². The number of rotatable bonds is 4. The summed E-state index contributed by atoms with van der Waals surface area (Å²) in [5.74, 6) is 0. The molecule has 0 bridgehead atoms. The second-order valence-corrected chi connectivity index (χ2v) is 8.66. The lowest BCUT2D eigenvalue weighted by Gasteiger charge is -2.16. The summed E-state index contributed by atoms with van der Waals surface area (Å²) in [6.07, 6.45) is 0. The van der Waals surface area contributed by atoms with Crippen LogP contribution in [0.4, 0.5) is 10.8 Å². The number of nitro groups is 1. The first kappa shape index (κ1) is 17.4. The highest BCUT2D eigenvalue weighted by molar-refractivity contribution is 7.93. The molecule has 0 saturated carbocycles. The molecule has 1 N–H and O–H groups in total. The number of hydrogen-bond acceptors (Lipinski definition) is 6. The molecule has 2 rings (SSSR count). The normalized spacial score (nSPS) is 12.2. The van der Waals surface area contributed by atoms with Crippen LogP contribution in [0.25, 0.3) is 0 Å². The predicted octanol–water partition coefficient (Wildman–Crippen LogP) is 3.46. The summed E-state index contributed by atoms with van der Waals surface area (Å²) in [4.78, 5) is 15.1. The fourth-order valence-corrected chi connectivity index (χ4v) is 4.57. The molecule has 0 unspecified atom stereocenters. The maximum Gasteiger partial charge on any atom is 0.289 e. The van der Waals surface area contributed by atoms with E-state index in [-0.39, 0.29) is 15.4 Å². The lowest BCUT2D eigenvalue weighted by Crippen LogP contribution is -2.14. The van der Waals surface area contributed by atoms with E-state index in [1.807, 2.05) is 20.8 Å². The Bertz CT molecular complexity index is 851. The third kappa shape index (κ3) is 3.67. The van der Waals surface area contributed by atoms with Crippen molar-refractivity contribution in [1.29, 1.82) is 0 Å². The van der Waals surface area contributed by atoms with Crippen molar-refractivity contribution in [3.05, 3.63) is 45.0 Å². The molecule has 7 nitrogen and oxygen atoms in total. The molecule has 0 aliphatic heterocycles. The van der Waals surface area contributed by atoms with Gasteiger partial charge in [-0.3, -0.25) is 14.8 Å². The molecular formula is C14H17N3O4S2. The SMILES string of the molecule is Cc1nc(NS(=O)(=O)c2ccccc2[N+](=O)[O-])sc1C(C)(C)C. The van der Waals surface area contributed by atoms with Gasteiger partial charge >= 0.3 is 0 Å². The Hall–Kier alpha value is -2.00. The van der Waals surface area contributed by atoms with Crippen LogP contribution < -0.4 is 4.72 Å². The molecule has 23 heavy (non-hydrogen) atoms. The highest BCUT2D eigenvalue weighted by Crippen LogP contribution is 2.35. The molecule has 0 atom stereocenters. The average molecular weight is 355 g/mol. The lowest BCUT2D eigenvalue weighted by molar-refractivity contribution is -0.387. The number of sulfonamides is 1. The van der Waals surface area contributed by atoms with Gasteiger partial charge in [0.05, 0.1) is 10.6 Å². The van der Waals surface area contributed by atoms with Gasteiger partial charge in [0.15, 0.2) is 10.0 Å². The highest BCUT2D eigenvalue weighted by Gasteiger charge is 2.27. The first-order valence-electron chi connectivity index (χ1n) is 6.76. The number of anilines is 1. The average Bonchev–Trinajstić information content (AvgIpc) is 2.78. The number of hydrogen-bond donors (Lipinski definition) is 1. The Balaban J connectivity index is 2.42. The van der Waals surface area contributed by atoms with Crippen LogP contribution in [-0.2, 0) is 15.4 Å². The van der Waals surface area contributed by atoms with Gasteiger partial charge in [-0.15, -0.1) is 11.3 Å². The fourth-order valence-electron chi connectivity index (χ4n) is 2.14. The van der Waals surface area contributed by atoms with Crippen LogP contribution in [0, 0.1) is 17.0 Å². The Morgan fingerprint density at radius 2 is 1.87 bits per heavy atom. The number of thiazole rings is 1. The maximum absolute atomic E-state index is 12.4. The van der Waals surface area contributed by atoms with Crippen molar-refractivity contribution in [2.45, 2.75) is 38.0 Å². The number of nitrogens with one attached hydrogen (secondary N) is 1. The monoisotopic (exact) mass is 355 g/mol. The number of nitro benzene ring substituents is 1. The van der Waals surface area contributed by atoms with E-state index in [0.29, 0.717) is 0 Å². The third-order valence-corrected chi connectivity index (χ3v) is 6.07. The largest absolute Gasteiger partial charge is 0.289 e. The maximum atomic E-state index is 12.4. The second kappa shape index (κ2) is 5.89. The molecule has 124 valence electrons. The Morgan fingerprint density at radius 1 is 1.26 bits per heavy atom. The molecule has 0 aliphatic rings. The van der Waals surface area contributed by atoms with Crippen molar-refractivity contribution in [3.63, 3.8) is 0 Å². The van der Waals surface area contributed by atoms with E-state index in [2.05, 4.69) is 9.71 Å². The molecule has 1 heterocycles. The summed E-state index contributed by atoms with van der Waals surface area (Å²) in [5, 5.41) is 11.2. The van der Waals surface area contributed by atoms with Gasteiger partial charge in [0.25, 0.3) is 15.7 Å². The molecule has 0 spiro atoms. The van der Waals surface area contributed by atoms with Gasteiger partial charge in [0.2, 0.25) is 0 Å². The van der Waals surface area contributed by atoms with Gasteiger partial charge in [-0.25, -0.2) is 13.4 Å². The minimum atomic E-state index is -4.08. The molecule has 1 aromatic heterocycles. The minimum absolute atomic E-state index is 0.163. The zero-order chi connectivity index (χ0) is 17.4. The standard InChI is InChI=1S/C14H17N3O4S2/c1-9-12(14(2,3)4)22-13(15-9)16-23(20,21)11-8-6-5-7-10(11)17(18)19/h5-8H,1-4H3,(H,15,16). The van der Waals surface area contributed by atoms with Crippen LogP contribution >= 0.6 is 11.3 Å². The lowest BCUT2D eigenvalue weighted by atomic mass is 9.94. The van der Waals surface area contributed by atoms with Crippen LogP contribution in [0.15, 0.2) is 29.2 Å². The number of nitrogens with zero attached hydrogens (tertiary/aromatic N) is 2. The second-order valence-electron chi connectivity index (χ2n) is 6.01. The molecule has 2 aromatic rings. The summed E-state index contributed by atoms with van der Waals surface area (Å²) in [6, 6.07) is 5.21. The first-order valence-corrected chi connectivity index (χ1v) is 9.06. The van der Waals surface area contributed by atoms with Crippen LogP contribution in [0.5, 0.6) is 0 Å². The van der Waals surface area contributed by atoms with E-state index < -0.39 is 20.6 Å². The summed E-state index contributed by atoms with van der Waals surface area (Å²) in [6.45, 7) is 7.83. The van der Waals surface area contributed by atoms with Gasteiger partial charge in [0, 0.05) is 10.9 Å². The Morgan fingerprint density at radius 3 is 2.39 bits per heavy atom. The number of aryl methyl sites for hydroxylation is 1. The molecule has 9 heteroatoms. The van der Waals surface area contributed by atoms with Gasteiger partial charge in [0.1, 0.15) is 0 Å². The van der Waals surface area contributed by atoms with Crippen molar-refractivity contribution < 1.29 is 13.3 Å². The van der Waals surface area contributed by atoms with Crippen molar-refractivity contribution in [2.75, 3.05) is 4.72 Å². The topological polar surface area (TPSA) is 102 Å². The smallest absolute Gasteiger partial charge is 0.258 e. The van der Waals surface area contributed by atoms with Gasteiger partial charge in [-0.1, -0.05) is 32.9 Å². The predicted molar refractivity (Wildman–Crippen MR) is 89.5 cm³/mol. The first-order chi connectivity index (χ1) is 10.5. The van der Waals surface area contributed by atoms with E-state index in [4.69, 9.17) is 0 Å². The zero-order valence-corrected chi connectivity index (χ0v) is 14.8. The molecule has 0 fully saturated rings. The van der Waals surface area contributed by atoms with Crippen molar-refractivity contribution >= 4 is 32.2 Å². The Kier molecular flexibility index (Phi) is 4.45. The van der Waals surface area contributed by atoms with Gasteiger partial charge in [-0.2, -0.15) is 0 Å². The highest BCUT2D eigenvalue weighted by atomic mass is 32.2.